The first-order chi connectivity index (χ1) is 11.3. The molecule has 0 saturated carbocycles. The van der Waals surface area contributed by atoms with Crippen LogP contribution < -0.4 is 10.6 Å². The van der Waals surface area contributed by atoms with Gasteiger partial charge >= 0.3 is 0 Å². The molecule has 0 amide bonds. The van der Waals surface area contributed by atoms with Crippen LogP contribution in [0.3, 0.4) is 0 Å². The molecule has 2 aromatic heterocycles. The largest absolute Gasteiger partial charge is 0.469 e. The lowest BCUT2D eigenvalue weighted by molar-refractivity contribution is 0.506. The van der Waals surface area contributed by atoms with Crippen LogP contribution in [0.4, 0.5) is 0 Å². The number of aromatic nitrogens is 2. The number of rotatable bonds is 9. The summed E-state index contributed by atoms with van der Waals surface area (Å²) < 4.78 is 7.24. The quantitative estimate of drug-likeness (QED) is 0.259. The summed E-state index contributed by atoms with van der Waals surface area (Å²) in [6.45, 7) is 2.43. The van der Waals surface area contributed by atoms with E-state index in [9.17, 15) is 0 Å². The standard InChI is InChI=1S/C16H25N5OS.HI/c1-21-14(6-10-20-21)5-8-17-16(19-11-13-23-2)18-9-7-15-4-3-12-22-15;/h3-4,6,10,12H,5,7-9,11,13H2,1-2H3,(H2,17,18,19);1H. The van der Waals surface area contributed by atoms with Gasteiger partial charge in [0.25, 0.3) is 0 Å². The monoisotopic (exact) mass is 463 g/mol. The molecule has 2 N–H and O–H groups in total. The third kappa shape index (κ3) is 7.61. The number of nitrogens with one attached hydrogen (secondary N) is 2. The maximum absolute atomic E-state index is 5.34. The third-order valence-corrected chi connectivity index (χ3v) is 4.00. The van der Waals surface area contributed by atoms with Crippen molar-refractivity contribution in [1.82, 2.24) is 20.4 Å². The van der Waals surface area contributed by atoms with E-state index in [0.29, 0.717) is 0 Å². The third-order valence-electron chi connectivity index (χ3n) is 3.41. The minimum absolute atomic E-state index is 0. The lowest BCUT2D eigenvalue weighted by atomic mass is 10.3. The van der Waals surface area contributed by atoms with Crippen molar-refractivity contribution < 1.29 is 4.42 Å². The van der Waals surface area contributed by atoms with E-state index in [1.54, 1.807) is 18.0 Å². The lowest BCUT2D eigenvalue weighted by Crippen LogP contribution is -2.39. The van der Waals surface area contributed by atoms with Gasteiger partial charge in [-0.25, -0.2) is 0 Å². The maximum Gasteiger partial charge on any atom is 0.191 e. The van der Waals surface area contributed by atoms with E-state index in [0.717, 1.165) is 49.9 Å². The van der Waals surface area contributed by atoms with Crippen molar-refractivity contribution in [2.45, 2.75) is 12.8 Å². The molecule has 2 heterocycles. The lowest BCUT2D eigenvalue weighted by Gasteiger charge is -2.12. The average Bonchev–Trinajstić information content (AvgIpc) is 3.19. The van der Waals surface area contributed by atoms with Gasteiger partial charge in [0.15, 0.2) is 5.96 Å². The Bertz CT molecular complexity index is 585. The van der Waals surface area contributed by atoms with Crippen LogP contribution in [-0.4, -0.2) is 47.4 Å². The molecule has 8 heteroatoms. The molecular formula is C16H26IN5OS. The molecule has 0 aliphatic rings. The second-order valence-corrected chi connectivity index (χ2v) is 6.09. The molecule has 0 aromatic carbocycles. The molecule has 0 spiro atoms. The van der Waals surface area contributed by atoms with E-state index < -0.39 is 0 Å². The molecule has 0 aliphatic heterocycles. The van der Waals surface area contributed by atoms with E-state index in [1.807, 2.05) is 36.1 Å². The van der Waals surface area contributed by atoms with Crippen molar-refractivity contribution in [2.24, 2.45) is 12.0 Å². The second-order valence-electron chi connectivity index (χ2n) is 5.10. The predicted molar refractivity (Wildman–Crippen MR) is 111 cm³/mol. The van der Waals surface area contributed by atoms with Crippen LogP contribution in [0.15, 0.2) is 40.1 Å². The number of hydrogen-bond acceptors (Lipinski definition) is 4. The first-order valence-corrected chi connectivity index (χ1v) is 9.19. The molecule has 0 bridgehead atoms. The smallest absolute Gasteiger partial charge is 0.191 e. The number of aryl methyl sites for hydroxylation is 1. The Labute approximate surface area is 164 Å². The molecule has 0 radical (unpaired) electrons. The van der Waals surface area contributed by atoms with Gasteiger partial charge < -0.3 is 15.1 Å². The highest BCUT2D eigenvalue weighted by atomic mass is 127. The number of nitrogens with zero attached hydrogens (tertiary/aromatic N) is 3. The number of hydrogen-bond donors (Lipinski definition) is 2. The molecule has 0 fully saturated rings. The fourth-order valence-electron chi connectivity index (χ4n) is 2.14. The number of halogens is 1. The van der Waals surface area contributed by atoms with Crippen molar-refractivity contribution in [3.63, 3.8) is 0 Å². The summed E-state index contributed by atoms with van der Waals surface area (Å²) in [5.74, 6) is 2.86. The van der Waals surface area contributed by atoms with Gasteiger partial charge in [0.05, 0.1) is 12.8 Å². The SMILES string of the molecule is CSCCN=C(NCCc1ccco1)NCCc1ccnn1C.I. The summed E-state index contributed by atoms with van der Waals surface area (Å²) in [6.07, 6.45) is 7.38. The predicted octanol–water partition coefficient (Wildman–Crippen LogP) is 2.31. The molecule has 2 rings (SSSR count). The van der Waals surface area contributed by atoms with Crippen molar-refractivity contribution in [3.8, 4) is 0 Å². The molecule has 134 valence electrons. The van der Waals surface area contributed by atoms with Crippen LogP contribution in [0.1, 0.15) is 11.5 Å². The summed E-state index contributed by atoms with van der Waals surface area (Å²) in [5, 5.41) is 10.9. The van der Waals surface area contributed by atoms with Crippen molar-refractivity contribution >= 4 is 41.7 Å². The topological polar surface area (TPSA) is 67.4 Å². The molecule has 0 saturated heterocycles. The highest BCUT2D eigenvalue weighted by Gasteiger charge is 2.02. The van der Waals surface area contributed by atoms with Gasteiger partial charge in [-0.3, -0.25) is 9.67 Å². The normalized spacial score (nSPS) is 11.2. The Morgan fingerprint density at radius 3 is 2.71 bits per heavy atom. The van der Waals surface area contributed by atoms with Crippen LogP contribution in [0, 0.1) is 0 Å². The van der Waals surface area contributed by atoms with Crippen molar-refractivity contribution in [1.29, 1.82) is 0 Å². The highest BCUT2D eigenvalue weighted by molar-refractivity contribution is 14.0. The van der Waals surface area contributed by atoms with Gasteiger partial charge in [0.2, 0.25) is 0 Å². The Morgan fingerprint density at radius 1 is 1.29 bits per heavy atom. The molecular weight excluding hydrogens is 437 g/mol. The molecule has 0 aliphatic carbocycles. The maximum atomic E-state index is 5.34. The summed E-state index contributed by atoms with van der Waals surface area (Å²) in [7, 11) is 1.96. The number of furan rings is 1. The fourth-order valence-corrected chi connectivity index (χ4v) is 2.41. The van der Waals surface area contributed by atoms with Gasteiger partial charge in [-0.2, -0.15) is 16.9 Å². The van der Waals surface area contributed by atoms with Crippen LogP contribution in [0.5, 0.6) is 0 Å². The van der Waals surface area contributed by atoms with Gasteiger partial charge in [0, 0.05) is 50.6 Å². The Hall–Kier alpha value is -1.16. The summed E-state index contributed by atoms with van der Waals surface area (Å²) in [4.78, 5) is 4.59. The van der Waals surface area contributed by atoms with Crippen LogP contribution >= 0.6 is 35.7 Å². The molecule has 24 heavy (non-hydrogen) atoms. The molecule has 2 aromatic rings. The highest BCUT2D eigenvalue weighted by Crippen LogP contribution is 1.99. The first-order valence-electron chi connectivity index (χ1n) is 7.80. The Morgan fingerprint density at radius 2 is 2.08 bits per heavy atom. The van der Waals surface area contributed by atoms with Gasteiger partial charge in [-0.05, 0) is 24.5 Å². The zero-order valence-corrected chi connectivity index (χ0v) is 17.3. The van der Waals surface area contributed by atoms with Crippen LogP contribution in [0.25, 0.3) is 0 Å². The number of thioether (sulfide) groups is 1. The van der Waals surface area contributed by atoms with Crippen molar-refractivity contribution in [2.75, 3.05) is 31.6 Å². The number of guanidine groups is 1. The summed E-state index contributed by atoms with van der Waals surface area (Å²) in [5.41, 5.74) is 1.21. The van der Waals surface area contributed by atoms with Crippen LogP contribution in [0.2, 0.25) is 0 Å². The minimum Gasteiger partial charge on any atom is -0.469 e. The Kier molecular flexibility index (Phi) is 10.6. The van der Waals surface area contributed by atoms with Gasteiger partial charge in [0.1, 0.15) is 5.76 Å². The zero-order chi connectivity index (χ0) is 16.3. The zero-order valence-electron chi connectivity index (χ0n) is 14.2. The first kappa shape index (κ1) is 20.9. The van der Waals surface area contributed by atoms with E-state index >= 15 is 0 Å². The molecule has 6 nitrogen and oxygen atoms in total. The summed E-state index contributed by atoms with van der Waals surface area (Å²) >= 11 is 1.80. The van der Waals surface area contributed by atoms with Crippen LogP contribution in [-0.2, 0) is 19.9 Å². The summed E-state index contributed by atoms with van der Waals surface area (Å²) in [6, 6.07) is 5.94. The van der Waals surface area contributed by atoms with Gasteiger partial charge in [-0.1, -0.05) is 0 Å². The molecule has 0 unspecified atom stereocenters. The second kappa shape index (κ2) is 12.2. The van der Waals surface area contributed by atoms with E-state index in [2.05, 4.69) is 27.0 Å². The van der Waals surface area contributed by atoms with Crippen molar-refractivity contribution in [3.05, 3.63) is 42.1 Å². The number of aliphatic imine (C=N–C) groups is 1. The molecule has 0 atom stereocenters. The van der Waals surface area contributed by atoms with E-state index in [1.165, 1.54) is 5.69 Å². The average molecular weight is 463 g/mol. The fraction of sp³-hybridized carbons (Fsp3) is 0.500. The van der Waals surface area contributed by atoms with E-state index in [-0.39, 0.29) is 24.0 Å². The Balaban J connectivity index is 0.00000288. The van der Waals surface area contributed by atoms with E-state index in [4.69, 9.17) is 4.42 Å². The van der Waals surface area contributed by atoms with Gasteiger partial charge in [-0.15, -0.1) is 24.0 Å². The minimum atomic E-state index is 0.